The van der Waals surface area contributed by atoms with Gasteiger partial charge in [-0.15, -0.1) is 0 Å². The minimum Gasteiger partial charge on any atom is -0.0439 e. The molecule has 0 atom stereocenters. The SMILES string of the molecule is C=C[CH+]CC. The van der Waals surface area contributed by atoms with Gasteiger partial charge in [-0.25, -0.2) is 0 Å². The predicted molar refractivity (Wildman–Crippen MR) is 24.8 cm³/mol. The number of allylic oxidation sites excluding steroid dienone is 1. The van der Waals surface area contributed by atoms with Crippen molar-refractivity contribution < 1.29 is 0 Å². The standard InChI is InChI=1S/C5H9/c1-3-5-4-2/h3,5H,1,4H2,2H3/q+1. The first-order valence-corrected chi connectivity index (χ1v) is 1.86. The summed E-state index contributed by atoms with van der Waals surface area (Å²) >= 11 is 0. The van der Waals surface area contributed by atoms with Crippen molar-refractivity contribution in [2.45, 2.75) is 13.3 Å². The molecule has 0 saturated carbocycles. The van der Waals surface area contributed by atoms with Gasteiger partial charge < -0.3 is 0 Å². The van der Waals surface area contributed by atoms with Crippen molar-refractivity contribution in [2.75, 3.05) is 0 Å². The number of hydrogen-bond acceptors (Lipinski definition) is 0. The summed E-state index contributed by atoms with van der Waals surface area (Å²) in [5, 5.41) is 0. The Hall–Kier alpha value is -0.390. The topological polar surface area (TPSA) is 0 Å². The molecule has 28 valence electrons. The normalized spacial score (nSPS) is 6.60. The van der Waals surface area contributed by atoms with Gasteiger partial charge in [-0.05, 0) is 6.92 Å². The molecule has 0 nitrogen and oxygen atoms in total. The predicted octanol–water partition coefficient (Wildman–Crippen LogP) is 1.79. The zero-order valence-corrected chi connectivity index (χ0v) is 3.57. The number of rotatable bonds is 2. The molecule has 0 aliphatic carbocycles. The van der Waals surface area contributed by atoms with Gasteiger partial charge in [0.2, 0.25) is 0 Å². The van der Waals surface area contributed by atoms with Gasteiger partial charge in [0.15, 0.2) is 0 Å². The molecule has 0 saturated heterocycles. The first-order valence-electron chi connectivity index (χ1n) is 1.86. The maximum Gasteiger partial charge on any atom is 0.0864 e. The van der Waals surface area contributed by atoms with Crippen molar-refractivity contribution in [1.82, 2.24) is 0 Å². The van der Waals surface area contributed by atoms with Gasteiger partial charge in [0.05, 0.1) is 6.08 Å². The van der Waals surface area contributed by atoms with Crippen LogP contribution in [0.4, 0.5) is 0 Å². The zero-order valence-electron chi connectivity index (χ0n) is 3.57. The average molecular weight is 69.1 g/mol. The molecule has 0 unspecified atom stereocenters. The lowest BCUT2D eigenvalue weighted by molar-refractivity contribution is 1.15. The van der Waals surface area contributed by atoms with Crippen LogP contribution in [-0.4, -0.2) is 0 Å². The lowest BCUT2D eigenvalue weighted by Gasteiger charge is -1.63. The second kappa shape index (κ2) is 3.61. The van der Waals surface area contributed by atoms with Gasteiger partial charge in [-0.2, -0.15) is 0 Å². The largest absolute Gasteiger partial charge is 0.0864 e. The highest BCUT2D eigenvalue weighted by Crippen LogP contribution is 1.79. The monoisotopic (exact) mass is 69.1 g/mol. The van der Waals surface area contributed by atoms with Gasteiger partial charge in [-0.3, -0.25) is 0 Å². The van der Waals surface area contributed by atoms with E-state index in [0.717, 1.165) is 6.42 Å². The maximum atomic E-state index is 3.49. The van der Waals surface area contributed by atoms with E-state index in [9.17, 15) is 0 Å². The molecule has 0 radical (unpaired) electrons. The minimum absolute atomic E-state index is 1.10. The van der Waals surface area contributed by atoms with Crippen molar-refractivity contribution in [3.05, 3.63) is 19.1 Å². The quantitative estimate of drug-likeness (QED) is 0.433. The molecule has 5 heavy (non-hydrogen) atoms. The van der Waals surface area contributed by atoms with Crippen molar-refractivity contribution in [3.63, 3.8) is 0 Å². The zero-order chi connectivity index (χ0) is 4.12. The van der Waals surface area contributed by atoms with Crippen LogP contribution >= 0.6 is 0 Å². The first kappa shape index (κ1) is 4.61. The Morgan fingerprint density at radius 1 is 2.00 bits per heavy atom. The molecule has 0 aliphatic rings. The van der Waals surface area contributed by atoms with Gasteiger partial charge in [0.1, 0.15) is 0 Å². The summed E-state index contributed by atoms with van der Waals surface area (Å²) in [5.74, 6) is 0. The Morgan fingerprint density at radius 3 is 2.60 bits per heavy atom. The molecule has 0 spiro atoms. The second-order valence-corrected chi connectivity index (χ2v) is 0.880. The van der Waals surface area contributed by atoms with Gasteiger partial charge in [0.25, 0.3) is 0 Å². The van der Waals surface area contributed by atoms with Crippen LogP contribution in [0.15, 0.2) is 12.7 Å². The lowest BCUT2D eigenvalue weighted by Crippen LogP contribution is -1.54. The smallest absolute Gasteiger partial charge is 0.0439 e. The van der Waals surface area contributed by atoms with Crippen LogP contribution in [0.1, 0.15) is 13.3 Å². The first-order chi connectivity index (χ1) is 2.41. The van der Waals surface area contributed by atoms with Crippen molar-refractivity contribution in [2.24, 2.45) is 0 Å². The molecule has 0 heterocycles. The van der Waals surface area contributed by atoms with Crippen LogP contribution in [-0.2, 0) is 0 Å². The van der Waals surface area contributed by atoms with E-state index >= 15 is 0 Å². The minimum atomic E-state index is 1.10. The number of hydrogen-bond donors (Lipinski definition) is 0. The van der Waals surface area contributed by atoms with Gasteiger partial charge in [-0.1, -0.05) is 0 Å². The van der Waals surface area contributed by atoms with E-state index in [2.05, 4.69) is 13.5 Å². The summed E-state index contributed by atoms with van der Waals surface area (Å²) in [4.78, 5) is 0. The van der Waals surface area contributed by atoms with Crippen molar-refractivity contribution in [3.8, 4) is 0 Å². The lowest BCUT2D eigenvalue weighted by atomic mass is 10.3. The summed E-state index contributed by atoms with van der Waals surface area (Å²) in [5.41, 5.74) is 0. The third-order valence-electron chi connectivity index (χ3n) is 0.402. The molecule has 0 aliphatic heterocycles. The Morgan fingerprint density at radius 2 is 2.60 bits per heavy atom. The van der Waals surface area contributed by atoms with Crippen LogP contribution in [0, 0.1) is 6.42 Å². The third kappa shape index (κ3) is 3.61. The summed E-state index contributed by atoms with van der Waals surface area (Å²) in [7, 11) is 0. The van der Waals surface area contributed by atoms with E-state index in [-0.39, 0.29) is 0 Å². The van der Waals surface area contributed by atoms with E-state index in [1.54, 1.807) is 6.08 Å². The van der Waals surface area contributed by atoms with Crippen molar-refractivity contribution >= 4 is 0 Å². The van der Waals surface area contributed by atoms with Gasteiger partial charge >= 0.3 is 0 Å². The molecule has 0 fully saturated rings. The van der Waals surface area contributed by atoms with E-state index in [0.29, 0.717) is 0 Å². The van der Waals surface area contributed by atoms with Gasteiger partial charge in [0, 0.05) is 19.4 Å². The molecule has 0 heteroatoms. The summed E-state index contributed by atoms with van der Waals surface area (Å²) in [6, 6.07) is 0. The van der Waals surface area contributed by atoms with Crippen LogP contribution in [0.25, 0.3) is 0 Å². The Labute approximate surface area is 33.5 Å². The highest BCUT2D eigenvalue weighted by atomic mass is 13.7. The molecule has 0 aromatic rings. The summed E-state index contributed by atoms with van der Waals surface area (Å²) < 4.78 is 0. The third-order valence-corrected chi connectivity index (χ3v) is 0.402. The molecule has 0 bridgehead atoms. The fraction of sp³-hybridized carbons (Fsp3) is 0.400. The van der Waals surface area contributed by atoms with Crippen LogP contribution < -0.4 is 0 Å². The Bertz CT molecular complexity index is 21.2. The van der Waals surface area contributed by atoms with E-state index in [1.165, 1.54) is 0 Å². The molecule has 0 amide bonds. The maximum absolute atomic E-state index is 3.49. The van der Waals surface area contributed by atoms with Crippen LogP contribution in [0.3, 0.4) is 0 Å². The van der Waals surface area contributed by atoms with E-state index < -0.39 is 0 Å². The Balaban J connectivity index is 2.40. The fourth-order valence-electron chi connectivity index (χ4n) is 0.167. The summed E-state index contributed by atoms with van der Waals surface area (Å²) in [6.07, 6.45) is 4.92. The molecule has 0 aromatic carbocycles. The highest BCUT2D eigenvalue weighted by Gasteiger charge is 1.71. The average Bonchev–Trinajstić information content (AvgIpc) is 1.41. The molecular formula is C5H9+. The molecule has 0 rings (SSSR count). The fourth-order valence-corrected chi connectivity index (χ4v) is 0.167. The molecular weight excluding hydrogens is 60.1 g/mol. The Kier molecular flexibility index (Phi) is 3.33. The van der Waals surface area contributed by atoms with Crippen LogP contribution in [0.5, 0.6) is 0 Å². The second-order valence-electron chi connectivity index (χ2n) is 0.880. The van der Waals surface area contributed by atoms with Crippen LogP contribution in [0.2, 0.25) is 0 Å². The molecule has 0 aromatic heterocycles. The van der Waals surface area contributed by atoms with Crippen molar-refractivity contribution in [1.29, 1.82) is 0 Å². The highest BCUT2D eigenvalue weighted by molar-refractivity contribution is 4.83. The molecule has 0 N–H and O–H groups in total. The van der Waals surface area contributed by atoms with E-state index in [4.69, 9.17) is 0 Å². The number of unbranched alkanes of at least 4 members (excludes halogenated alkanes) is 1. The van der Waals surface area contributed by atoms with E-state index in [1.807, 2.05) is 6.42 Å². The summed E-state index contributed by atoms with van der Waals surface area (Å²) in [6.45, 7) is 5.58.